The van der Waals surface area contributed by atoms with Crippen molar-refractivity contribution in [1.29, 1.82) is 0 Å². The Morgan fingerprint density at radius 2 is 1.86 bits per heavy atom. The van der Waals surface area contributed by atoms with E-state index in [1.54, 1.807) is 24.3 Å². The van der Waals surface area contributed by atoms with Gasteiger partial charge in [0.05, 0.1) is 7.11 Å². The quantitative estimate of drug-likeness (QED) is 0.571. The van der Waals surface area contributed by atoms with E-state index in [1.807, 2.05) is 6.07 Å². The summed E-state index contributed by atoms with van der Waals surface area (Å²) in [6.45, 7) is 2.65. The van der Waals surface area contributed by atoms with Gasteiger partial charge in [0, 0.05) is 0 Å². The lowest BCUT2D eigenvalue weighted by atomic mass is 10.0. The van der Waals surface area contributed by atoms with Gasteiger partial charge in [0.2, 0.25) is 0 Å². The van der Waals surface area contributed by atoms with Crippen LogP contribution < -0.4 is 11.1 Å². The molecule has 0 heterocycles. The molecule has 2 atom stereocenters. The lowest BCUT2D eigenvalue weighted by Gasteiger charge is -2.23. The van der Waals surface area contributed by atoms with Crippen molar-refractivity contribution in [2.45, 2.75) is 32.0 Å². The van der Waals surface area contributed by atoms with Crippen molar-refractivity contribution >= 4 is 17.8 Å². The summed E-state index contributed by atoms with van der Waals surface area (Å²) in [5, 5.41) is 2.31. The van der Waals surface area contributed by atoms with Gasteiger partial charge in [-0.05, 0) is 19.4 Å². The van der Waals surface area contributed by atoms with E-state index >= 15 is 0 Å². The Bertz CT molecular complexity index is 542. The van der Waals surface area contributed by atoms with Gasteiger partial charge < -0.3 is 20.5 Å². The lowest BCUT2D eigenvalue weighted by Crippen LogP contribution is -2.60. The molecule has 0 radical (unpaired) electrons. The Kier molecular flexibility index (Phi) is 6.06. The second-order valence-corrected chi connectivity index (χ2v) is 4.98. The van der Waals surface area contributed by atoms with Crippen LogP contribution in [0.4, 0.5) is 0 Å². The summed E-state index contributed by atoms with van der Waals surface area (Å²) in [7, 11) is 1.20. The lowest BCUT2D eigenvalue weighted by molar-refractivity contribution is -0.156. The number of carbonyl (C=O) groups is 3. The van der Waals surface area contributed by atoms with Crippen LogP contribution in [0, 0.1) is 0 Å². The zero-order valence-electron chi connectivity index (χ0n) is 12.8. The molecule has 0 saturated heterocycles. The molecular weight excluding hydrogens is 288 g/mol. The van der Waals surface area contributed by atoms with Crippen molar-refractivity contribution in [3.05, 3.63) is 35.9 Å². The Balaban J connectivity index is 2.61. The Labute approximate surface area is 128 Å². The third-order valence-electron chi connectivity index (χ3n) is 3.01. The molecule has 0 bridgehead atoms. The van der Waals surface area contributed by atoms with E-state index < -0.39 is 29.4 Å². The van der Waals surface area contributed by atoms with Crippen molar-refractivity contribution in [3.8, 4) is 0 Å². The van der Waals surface area contributed by atoms with Gasteiger partial charge in [-0.15, -0.1) is 0 Å². The molecule has 0 aliphatic heterocycles. The molecule has 22 heavy (non-hydrogen) atoms. The van der Waals surface area contributed by atoms with Gasteiger partial charge in [0.1, 0.15) is 12.6 Å². The number of esters is 2. The maximum atomic E-state index is 12.0. The molecule has 1 rings (SSSR count). The first kappa shape index (κ1) is 17.6. The van der Waals surface area contributed by atoms with Crippen molar-refractivity contribution in [2.24, 2.45) is 5.73 Å². The molecule has 3 N–H and O–H groups in total. The van der Waals surface area contributed by atoms with Crippen molar-refractivity contribution < 1.29 is 23.9 Å². The predicted molar refractivity (Wildman–Crippen MR) is 78.5 cm³/mol. The van der Waals surface area contributed by atoms with Gasteiger partial charge in [-0.25, -0.2) is 9.59 Å². The van der Waals surface area contributed by atoms with E-state index in [0.29, 0.717) is 0 Å². The van der Waals surface area contributed by atoms with Crippen LogP contribution in [0.15, 0.2) is 30.3 Å². The third kappa shape index (κ3) is 4.56. The van der Waals surface area contributed by atoms with Crippen molar-refractivity contribution in [2.75, 3.05) is 7.11 Å². The van der Waals surface area contributed by atoms with Crippen LogP contribution in [0.1, 0.15) is 19.4 Å². The van der Waals surface area contributed by atoms with E-state index in [1.165, 1.54) is 21.0 Å². The molecule has 120 valence electrons. The summed E-state index contributed by atoms with van der Waals surface area (Å²) in [4.78, 5) is 35.2. The number of methoxy groups -OCH3 is 1. The fourth-order valence-electron chi connectivity index (χ4n) is 1.55. The number of ether oxygens (including phenoxy) is 2. The smallest absolute Gasteiger partial charge is 0.336 e. The Morgan fingerprint density at radius 1 is 1.27 bits per heavy atom. The summed E-state index contributed by atoms with van der Waals surface area (Å²) in [6.07, 6.45) is 0. The fraction of sp³-hybridized carbons (Fsp3) is 0.400. The van der Waals surface area contributed by atoms with E-state index in [-0.39, 0.29) is 6.61 Å². The minimum absolute atomic E-state index is 0.00625. The minimum atomic E-state index is -1.91. The standard InChI is InChI=1S/C15H20N2O5/c1-10(12(18)21-3)17-13(19)15(2,16)14(20)22-9-11-7-5-4-6-8-11/h4-8,10H,9,16H2,1-3H3,(H,17,19)/t10-,15+/m0/s1. The molecule has 0 unspecified atom stereocenters. The molecular formula is C15H20N2O5. The molecule has 0 fully saturated rings. The monoisotopic (exact) mass is 308 g/mol. The van der Waals surface area contributed by atoms with Gasteiger partial charge in [-0.3, -0.25) is 4.79 Å². The van der Waals surface area contributed by atoms with Gasteiger partial charge in [-0.2, -0.15) is 0 Å². The number of hydrogen-bond acceptors (Lipinski definition) is 6. The molecule has 1 aromatic carbocycles. The second-order valence-electron chi connectivity index (χ2n) is 4.98. The van der Waals surface area contributed by atoms with E-state index in [9.17, 15) is 14.4 Å². The molecule has 0 spiro atoms. The van der Waals surface area contributed by atoms with Crippen LogP contribution >= 0.6 is 0 Å². The molecule has 0 saturated carbocycles. The van der Waals surface area contributed by atoms with Crippen molar-refractivity contribution in [1.82, 2.24) is 5.32 Å². The Morgan fingerprint density at radius 3 is 2.41 bits per heavy atom. The maximum absolute atomic E-state index is 12.0. The van der Waals surface area contributed by atoms with Crippen LogP contribution in [0.25, 0.3) is 0 Å². The second kappa shape index (κ2) is 7.56. The summed E-state index contributed by atoms with van der Waals surface area (Å²) in [6, 6.07) is 8.08. The normalized spacial score (nSPS) is 14.4. The number of nitrogens with one attached hydrogen (secondary N) is 1. The number of amides is 1. The highest BCUT2D eigenvalue weighted by Gasteiger charge is 2.40. The first-order chi connectivity index (χ1) is 10.3. The van der Waals surface area contributed by atoms with Crippen LogP contribution in [-0.4, -0.2) is 36.5 Å². The molecule has 1 amide bonds. The highest BCUT2D eigenvalue weighted by atomic mass is 16.5. The summed E-state index contributed by atoms with van der Waals surface area (Å²) < 4.78 is 9.52. The topological polar surface area (TPSA) is 108 Å². The summed E-state index contributed by atoms with van der Waals surface area (Å²) in [5.74, 6) is -2.34. The SMILES string of the molecule is COC(=O)[C@H](C)NC(=O)[C@@](C)(N)C(=O)OCc1ccccc1. The zero-order valence-corrected chi connectivity index (χ0v) is 12.8. The number of rotatable bonds is 6. The number of carbonyl (C=O) groups excluding carboxylic acids is 3. The molecule has 1 aromatic rings. The maximum Gasteiger partial charge on any atom is 0.336 e. The summed E-state index contributed by atoms with van der Waals surface area (Å²) in [5.41, 5.74) is 4.59. The van der Waals surface area contributed by atoms with Gasteiger partial charge in [0.25, 0.3) is 5.91 Å². The molecule has 0 aromatic heterocycles. The van der Waals surface area contributed by atoms with Crippen LogP contribution in [-0.2, 0) is 30.5 Å². The largest absolute Gasteiger partial charge is 0.467 e. The number of hydrogen-bond donors (Lipinski definition) is 2. The predicted octanol–water partition coefficient (Wildman–Crippen LogP) is 0.125. The van der Waals surface area contributed by atoms with Gasteiger partial charge in [0.15, 0.2) is 5.54 Å². The third-order valence-corrected chi connectivity index (χ3v) is 3.01. The average molecular weight is 308 g/mol. The van der Waals surface area contributed by atoms with Crippen LogP contribution in [0.5, 0.6) is 0 Å². The summed E-state index contributed by atoms with van der Waals surface area (Å²) >= 11 is 0. The highest BCUT2D eigenvalue weighted by molar-refractivity contribution is 6.07. The molecule has 7 nitrogen and oxygen atoms in total. The van der Waals surface area contributed by atoms with Crippen molar-refractivity contribution in [3.63, 3.8) is 0 Å². The van der Waals surface area contributed by atoms with Crippen LogP contribution in [0.3, 0.4) is 0 Å². The van der Waals surface area contributed by atoms with Crippen LogP contribution in [0.2, 0.25) is 0 Å². The fourth-order valence-corrected chi connectivity index (χ4v) is 1.55. The minimum Gasteiger partial charge on any atom is -0.467 e. The number of benzene rings is 1. The highest BCUT2D eigenvalue weighted by Crippen LogP contribution is 2.08. The molecule has 7 heteroatoms. The first-order valence-electron chi connectivity index (χ1n) is 6.68. The number of nitrogens with two attached hydrogens (primary N) is 1. The zero-order chi connectivity index (χ0) is 16.8. The van der Waals surface area contributed by atoms with Gasteiger partial charge in [-0.1, -0.05) is 30.3 Å². The molecule has 0 aliphatic rings. The van der Waals surface area contributed by atoms with E-state index in [2.05, 4.69) is 10.1 Å². The first-order valence-corrected chi connectivity index (χ1v) is 6.68. The average Bonchev–Trinajstić information content (AvgIpc) is 2.52. The van der Waals surface area contributed by atoms with E-state index in [4.69, 9.17) is 10.5 Å². The Hall–Kier alpha value is -2.41. The van der Waals surface area contributed by atoms with E-state index in [0.717, 1.165) is 5.56 Å². The molecule has 0 aliphatic carbocycles. The van der Waals surface area contributed by atoms with Gasteiger partial charge >= 0.3 is 11.9 Å².